The topological polar surface area (TPSA) is 134 Å². The first-order valence-electron chi connectivity index (χ1n) is 21.4. The van der Waals surface area contributed by atoms with Gasteiger partial charge in [-0.3, -0.25) is 24.1 Å². The highest BCUT2D eigenvalue weighted by molar-refractivity contribution is 7.17. The van der Waals surface area contributed by atoms with Gasteiger partial charge < -0.3 is 25.0 Å². The number of nitrogens with zero attached hydrogens (tertiary/aromatic N) is 2. The molecule has 0 atom stereocenters. The Labute approximate surface area is 357 Å². The van der Waals surface area contributed by atoms with Crippen molar-refractivity contribution in [3.8, 4) is 0 Å². The molecule has 0 spiro atoms. The minimum absolute atomic E-state index is 0.0338. The molecule has 60 heavy (non-hydrogen) atoms. The minimum atomic E-state index is -0.356. The number of hydrogen-bond acceptors (Lipinski definition) is 9. The van der Waals surface area contributed by atoms with Crippen molar-refractivity contribution in [1.29, 1.82) is 0 Å². The number of amides is 3. The number of fused-ring (bicyclic) bond motifs is 1. The van der Waals surface area contributed by atoms with E-state index < -0.39 is 0 Å². The van der Waals surface area contributed by atoms with Crippen molar-refractivity contribution in [1.82, 2.24) is 9.80 Å². The van der Waals surface area contributed by atoms with Gasteiger partial charge in [0, 0.05) is 28.7 Å². The number of esters is 2. The van der Waals surface area contributed by atoms with Gasteiger partial charge in [-0.1, -0.05) is 50.2 Å². The zero-order valence-electron chi connectivity index (χ0n) is 35.3. The van der Waals surface area contributed by atoms with E-state index in [2.05, 4.69) is 29.4 Å². The summed E-state index contributed by atoms with van der Waals surface area (Å²) in [4.78, 5) is 71.0. The molecule has 4 aromatic rings. The van der Waals surface area contributed by atoms with Crippen molar-refractivity contribution in [2.45, 2.75) is 97.6 Å². The number of nitrogens with one attached hydrogen (secondary N) is 2. The summed E-state index contributed by atoms with van der Waals surface area (Å²) in [6.07, 6.45) is 8.24. The Morgan fingerprint density at radius 2 is 1.47 bits per heavy atom. The first-order chi connectivity index (χ1) is 29.1. The predicted octanol–water partition coefficient (Wildman–Crippen LogP) is 8.50. The van der Waals surface area contributed by atoms with Gasteiger partial charge in [-0.25, -0.2) is 4.79 Å². The van der Waals surface area contributed by atoms with E-state index >= 15 is 0 Å². The van der Waals surface area contributed by atoms with Crippen LogP contribution in [0.25, 0.3) is 0 Å². The largest absolute Gasteiger partial charge is 0.466 e. The molecule has 2 heterocycles. The van der Waals surface area contributed by atoms with Gasteiger partial charge >= 0.3 is 11.9 Å². The Balaban J connectivity index is 1.10. The molecule has 3 aromatic carbocycles. The monoisotopic (exact) mass is 834 g/mol. The highest BCUT2D eigenvalue weighted by Gasteiger charge is 2.30. The Hall–Kier alpha value is -5.33. The second-order valence-corrected chi connectivity index (χ2v) is 16.8. The van der Waals surface area contributed by atoms with E-state index in [4.69, 9.17) is 9.47 Å². The van der Waals surface area contributed by atoms with Gasteiger partial charge in [-0.05, 0) is 143 Å². The van der Waals surface area contributed by atoms with Crippen molar-refractivity contribution in [2.24, 2.45) is 5.92 Å². The summed E-state index contributed by atoms with van der Waals surface area (Å²) >= 11 is 1.48. The molecule has 0 bridgehead atoms. The maximum Gasteiger partial charge on any atom is 0.337 e. The van der Waals surface area contributed by atoms with Gasteiger partial charge in [0.2, 0.25) is 5.91 Å². The van der Waals surface area contributed by atoms with Crippen LogP contribution < -0.4 is 10.6 Å². The number of benzene rings is 3. The Morgan fingerprint density at radius 1 is 0.800 bits per heavy atom. The van der Waals surface area contributed by atoms with E-state index in [0.717, 1.165) is 78.5 Å². The third-order valence-corrected chi connectivity index (χ3v) is 12.9. The molecule has 318 valence electrons. The molecule has 2 aliphatic rings. The van der Waals surface area contributed by atoms with E-state index in [1.165, 1.54) is 18.4 Å². The van der Waals surface area contributed by atoms with Crippen LogP contribution in [0.2, 0.25) is 0 Å². The number of ether oxygens (including phenoxy) is 2. The van der Waals surface area contributed by atoms with Crippen LogP contribution in [0.1, 0.15) is 118 Å². The average molecular weight is 835 g/mol. The van der Waals surface area contributed by atoms with Gasteiger partial charge in [0.1, 0.15) is 5.00 Å². The highest BCUT2D eigenvalue weighted by Crippen LogP contribution is 2.39. The standard InChI is InChI=1S/C48H58N4O7S/c1-5-39(6-2)52(42(53)31-51-27-25-36(26-28-51)48(57)59-7-3)30-34-11-10-12-37(29-34)44(54)50-46-43(40-13-8-9-14-41(40)60-46)45(55)49-38-23-19-33(20-24-38)16-15-32-17-21-35(22-18-32)47(56)58-4/h10-12,17-24,29,36,39H,5-9,13-16,25-28,30-31H2,1-4H3,(H,49,55)(H,50,54). The zero-order chi connectivity index (χ0) is 42.6. The summed E-state index contributed by atoms with van der Waals surface area (Å²) in [6.45, 7) is 8.34. The minimum Gasteiger partial charge on any atom is -0.466 e. The van der Waals surface area contributed by atoms with Crippen molar-refractivity contribution in [3.63, 3.8) is 0 Å². The van der Waals surface area contributed by atoms with Gasteiger partial charge in [0.15, 0.2) is 0 Å². The number of carbonyl (C=O) groups excluding carboxylic acids is 5. The number of piperidine rings is 1. The molecule has 1 aliphatic carbocycles. The van der Waals surface area contributed by atoms with Crippen LogP contribution in [0, 0.1) is 5.92 Å². The van der Waals surface area contributed by atoms with Gasteiger partial charge in [0.25, 0.3) is 11.8 Å². The molecule has 1 fully saturated rings. The first kappa shape index (κ1) is 44.2. The van der Waals surface area contributed by atoms with E-state index in [9.17, 15) is 24.0 Å². The lowest BCUT2D eigenvalue weighted by Crippen LogP contribution is -2.47. The fourth-order valence-corrected chi connectivity index (χ4v) is 9.54. The van der Waals surface area contributed by atoms with Crippen LogP contribution in [0.3, 0.4) is 0 Å². The Kier molecular flexibility index (Phi) is 15.7. The smallest absolute Gasteiger partial charge is 0.337 e. The molecule has 0 saturated carbocycles. The number of likely N-dealkylation sites (tertiary alicyclic amines) is 1. The predicted molar refractivity (Wildman–Crippen MR) is 236 cm³/mol. The maximum atomic E-state index is 14.0. The van der Waals surface area contributed by atoms with E-state index in [-0.39, 0.29) is 48.2 Å². The third kappa shape index (κ3) is 11.3. The number of methoxy groups -OCH3 is 1. The van der Waals surface area contributed by atoms with Gasteiger partial charge in [-0.2, -0.15) is 0 Å². The quantitative estimate of drug-likeness (QED) is 0.101. The fourth-order valence-electron chi connectivity index (χ4n) is 8.26. The summed E-state index contributed by atoms with van der Waals surface area (Å²) in [5.74, 6) is -1.15. The van der Waals surface area contributed by atoms with Crippen LogP contribution >= 0.6 is 11.3 Å². The molecule has 6 rings (SSSR count). The van der Waals surface area contributed by atoms with Crippen LogP contribution in [-0.2, 0) is 51.3 Å². The zero-order valence-corrected chi connectivity index (χ0v) is 36.2. The summed E-state index contributed by atoms with van der Waals surface area (Å²) < 4.78 is 10.0. The number of aryl methyl sites for hydroxylation is 3. The summed E-state index contributed by atoms with van der Waals surface area (Å²) in [5.41, 5.74) is 6.26. The Morgan fingerprint density at radius 3 is 2.12 bits per heavy atom. The number of thiophene rings is 1. The molecule has 12 heteroatoms. The number of anilines is 2. The molecular weight excluding hydrogens is 777 g/mol. The van der Waals surface area contributed by atoms with Crippen LogP contribution in [0.15, 0.2) is 72.8 Å². The number of carbonyl (C=O) groups is 5. The number of hydrogen-bond donors (Lipinski definition) is 2. The summed E-state index contributed by atoms with van der Waals surface area (Å²) in [5, 5.41) is 6.73. The summed E-state index contributed by atoms with van der Waals surface area (Å²) in [7, 11) is 1.37. The molecule has 1 saturated heterocycles. The second kappa shape index (κ2) is 21.3. The van der Waals surface area contributed by atoms with Crippen molar-refractivity contribution >= 4 is 51.7 Å². The molecule has 1 aliphatic heterocycles. The number of rotatable bonds is 17. The Bertz CT molecular complexity index is 2120. The SMILES string of the molecule is CCOC(=O)C1CCN(CC(=O)N(Cc2cccc(C(=O)Nc3sc4c(c3C(=O)Nc3ccc(CCc5ccc(C(=O)OC)cc5)cc3)CCCC4)c2)C(CC)CC)CC1. The van der Waals surface area contributed by atoms with E-state index in [1.54, 1.807) is 18.2 Å². The second-order valence-electron chi connectivity index (χ2n) is 15.7. The van der Waals surface area contributed by atoms with E-state index in [0.29, 0.717) is 66.5 Å². The highest BCUT2D eigenvalue weighted by atomic mass is 32.1. The molecule has 11 nitrogen and oxygen atoms in total. The normalized spacial score (nSPS) is 14.3. The fraction of sp³-hybridized carbons (Fsp3) is 0.438. The van der Waals surface area contributed by atoms with Gasteiger partial charge in [-0.15, -0.1) is 11.3 Å². The first-order valence-corrected chi connectivity index (χ1v) is 22.2. The van der Waals surface area contributed by atoms with Crippen molar-refractivity contribution in [3.05, 3.63) is 117 Å². The lowest BCUT2D eigenvalue weighted by molar-refractivity contribution is -0.149. The summed E-state index contributed by atoms with van der Waals surface area (Å²) in [6, 6.07) is 22.7. The average Bonchev–Trinajstić information content (AvgIpc) is 3.64. The van der Waals surface area contributed by atoms with Gasteiger partial charge in [0.05, 0.1) is 37.3 Å². The van der Waals surface area contributed by atoms with Crippen LogP contribution in [0.5, 0.6) is 0 Å². The lowest BCUT2D eigenvalue weighted by atomic mass is 9.95. The molecular formula is C48H58N4O7S. The van der Waals surface area contributed by atoms with Crippen LogP contribution in [-0.4, -0.2) is 78.9 Å². The third-order valence-electron chi connectivity index (χ3n) is 11.7. The maximum absolute atomic E-state index is 14.0. The molecule has 2 N–H and O–H groups in total. The van der Waals surface area contributed by atoms with E-state index in [1.807, 2.05) is 66.4 Å². The molecule has 0 radical (unpaired) electrons. The molecule has 0 unspecified atom stereocenters. The molecule has 1 aromatic heterocycles. The van der Waals surface area contributed by atoms with Crippen molar-refractivity contribution in [2.75, 3.05) is 44.0 Å². The van der Waals surface area contributed by atoms with Crippen molar-refractivity contribution < 1.29 is 33.4 Å². The molecule has 3 amide bonds. The van der Waals surface area contributed by atoms with Crippen LogP contribution in [0.4, 0.5) is 10.7 Å². The lowest BCUT2D eigenvalue weighted by Gasteiger charge is -2.35.